The molecule has 2 aromatic carbocycles. The fourth-order valence-electron chi connectivity index (χ4n) is 3.35. The lowest BCUT2D eigenvalue weighted by Gasteiger charge is -2.15. The molecule has 0 spiro atoms. The molecule has 0 saturated carbocycles. The molecule has 3 rings (SSSR count). The summed E-state index contributed by atoms with van der Waals surface area (Å²) in [6.07, 6.45) is 3.39. The van der Waals surface area contributed by atoms with Gasteiger partial charge < -0.3 is 23.9 Å². The van der Waals surface area contributed by atoms with E-state index >= 15 is 0 Å². The number of hydrogen-bond acceptors (Lipinski definition) is 5. The van der Waals surface area contributed by atoms with Crippen molar-refractivity contribution < 1.29 is 19.3 Å². The molecule has 6 nitrogen and oxygen atoms in total. The van der Waals surface area contributed by atoms with Crippen LogP contribution in [0.4, 0.5) is 0 Å². The zero-order valence-electron chi connectivity index (χ0n) is 17.6. The van der Waals surface area contributed by atoms with Crippen molar-refractivity contribution in [1.29, 1.82) is 0 Å². The van der Waals surface area contributed by atoms with E-state index in [2.05, 4.69) is 0 Å². The summed E-state index contributed by atoms with van der Waals surface area (Å²) in [6.45, 7) is 2.97. The summed E-state index contributed by atoms with van der Waals surface area (Å²) in [7, 11) is 3.03. The Morgan fingerprint density at radius 2 is 1.63 bits per heavy atom. The number of ether oxygens (including phenoxy) is 3. The van der Waals surface area contributed by atoms with Crippen molar-refractivity contribution in [3.8, 4) is 23.0 Å². The first-order chi connectivity index (χ1) is 14.5. The number of aryl methyl sites for hydroxylation is 2. The quantitative estimate of drug-likeness (QED) is 0.576. The van der Waals surface area contributed by atoms with Gasteiger partial charge in [0.05, 0.1) is 19.9 Å². The molecule has 0 unspecified atom stereocenters. The topological polar surface area (TPSA) is 69.9 Å². The van der Waals surface area contributed by atoms with Gasteiger partial charge in [0.1, 0.15) is 6.61 Å². The summed E-state index contributed by atoms with van der Waals surface area (Å²) in [5.41, 5.74) is 2.70. The Labute approximate surface area is 176 Å². The maximum absolute atomic E-state index is 12.3. The predicted molar refractivity (Wildman–Crippen MR) is 116 cm³/mol. The molecule has 30 heavy (non-hydrogen) atoms. The van der Waals surface area contributed by atoms with Crippen LogP contribution in [0.3, 0.4) is 0 Å². The SMILES string of the molecule is COc1cc(CCCn2ccc(=O)c(OCc3ccccc3)c2C)cc(OC)c1O. The van der Waals surface area contributed by atoms with Crippen LogP contribution in [0.5, 0.6) is 23.0 Å². The van der Waals surface area contributed by atoms with Gasteiger partial charge in [0.15, 0.2) is 17.2 Å². The molecule has 3 aromatic rings. The summed E-state index contributed by atoms with van der Waals surface area (Å²) in [4.78, 5) is 12.3. The van der Waals surface area contributed by atoms with Gasteiger partial charge in [-0.25, -0.2) is 0 Å². The maximum atomic E-state index is 12.3. The van der Waals surface area contributed by atoms with Crippen molar-refractivity contribution in [3.63, 3.8) is 0 Å². The smallest absolute Gasteiger partial charge is 0.223 e. The largest absolute Gasteiger partial charge is 0.502 e. The third-order valence-electron chi connectivity index (χ3n) is 5.02. The molecule has 1 heterocycles. The molecule has 0 atom stereocenters. The number of nitrogens with zero attached hydrogens (tertiary/aromatic N) is 1. The molecular formula is C24H27NO5. The number of phenolic OH excluding ortho intramolecular Hbond substituents is 1. The van der Waals surface area contributed by atoms with Crippen molar-refractivity contribution in [2.45, 2.75) is 32.9 Å². The van der Waals surface area contributed by atoms with Crippen molar-refractivity contribution in [2.75, 3.05) is 14.2 Å². The molecule has 0 radical (unpaired) electrons. The van der Waals surface area contributed by atoms with Crippen molar-refractivity contribution >= 4 is 0 Å². The first-order valence-corrected chi connectivity index (χ1v) is 9.84. The van der Waals surface area contributed by atoms with E-state index in [-0.39, 0.29) is 11.2 Å². The Kier molecular flexibility index (Phi) is 7.01. The van der Waals surface area contributed by atoms with Crippen molar-refractivity contribution in [3.05, 3.63) is 81.8 Å². The van der Waals surface area contributed by atoms with Crippen LogP contribution in [0.25, 0.3) is 0 Å². The van der Waals surface area contributed by atoms with Crippen LogP contribution in [-0.4, -0.2) is 23.9 Å². The van der Waals surface area contributed by atoms with Crippen LogP contribution in [-0.2, 0) is 19.6 Å². The van der Waals surface area contributed by atoms with Crippen LogP contribution in [0.1, 0.15) is 23.2 Å². The van der Waals surface area contributed by atoms with Crippen molar-refractivity contribution in [2.24, 2.45) is 0 Å². The molecule has 0 saturated heterocycles. The van der Waals surface area contributed by atoms with E-state index in [0.29, 0.717) is 23.9 Å². The fraction of sp³-hybridized carbons (Fsp3) is 0.292. The number of aromatic nitrogens is 1. The van der Waals surface area contributed by atoms with Crippen molar-refractivity contribution in [1.82, 2.24) is 4.57 Å². The predicted octanol–water partition coefficient (Wildman–Crippen LogP) is 4.09. The van der Waals surface area contributed by atoms with Gasteiger partial charge in [-0.05, 0) is 43.0 Å². The number of rotatable bonds is 9. The number of aromatic hydroxyl groups is 1. The normalized spacial score (nSPS) is 10.6. The van der Waals surface area contributed by atoms with Gasteiger partial charge in [-0.1, -0.05) is 30.3 Å². The molecule has 0 bridgehead atoms. The van der Waals surface area contributed by atoms with Gasteiger partial charge in [0.2, 0.25) is 11.2 Å². The zero-order valence-corrected chi connectivity index (χ0v) is 17.6. The van der Waals surface area contributed by atoms with Gasteiger partial charge in [0, 0.05) is 18.8 Å². The molecule has 158 valence electrons. The van der Waals surface area contributed by atoms with Gasteiger partial charge in [-0.15, -0.1) is 0 Å². The minimum Gasteiger partial charge on any atom is -0.502 e. The van der Waals surface area contributed by atoms with Crippen LogP contribution < -0.4 is 19.6 Å². The van der Waals surface area contributed by atoms with E-state index in [1.807, 2.05) is 54.0 Å². The second-order valence-corrected chi connectivity index (χ2v) is 7.01. The van der Waals surface area contributed by atoms with E-state index in [1.165, 1.54) is 14.2 Å². The molecule has 0 fully saturated rings. The average molecular weight is 409 g/mol. The average Bonchev–Trinajstić information content (AvgIpc) is 2.76. The van der Waals surface area contributed by atoms with E-state index < -0.39 is 0 Å². The highest BCUT2D eigenvalue weighted by atomic mass is 16.5. The molecular weight excluding hydrogens is 382 g/mol. The van der Waals surface area contributed by atoms with Gasteiger partial charge in [-0.3, -0.25) is 4.79 Å². The van der Waals surface area contributed by atoms with Crippen LogP contribution in [0.2, 0.25) is 0 Å². The monoisotopic (exact) mass is 409 g/mol. The number of hydrogen-bond donors (Lipinski definition) is 1. The number of phenols is 1. The molecule has 1 aromatic heterocycles. The van der Waals surface area contributed by atoms with Gasteiger partial charge >= 0.3 is 0 Å². The van der Waals surface area contributed by atoms with Crippen LogP contribution >= 0.6 is 0 Å². The summed E-state index contributed by atoms with van der Waals surface area (Å²) < 4.78 is 18.3. The number of methoxy groups -OCH3 is 2. The highest BCUT2D eigenvalue weighted by Crippen LogP contribution is 2.37. The third-order valence-corrected chi connectivity index (χ3v) is 5.02. The second-order valence-electron chi connectivity index (χ2n) is 7.01. The van der Waals surface area contributed by atoms with E-state index in [9.17, 15) is 9.90 Å². The molecule has 0 aliphatic carbocycles. The summed E-state index contributed by atoms with van der Waals surface area (Å²) in [6, 6.07) is 14.9. The highest BCUT2D eigenvalue weighted by Gasteiger charge is 2.12. The Morgan fingerprint density at radius 3 is 2.27 bits per heavy atom. The summed E-state index contributed by atoms with van der Waals surface area (Å²) in [5, 5.41) is 10.0. The second kappa shape index (κ2) is 9.87. The third kappa shape index (κ3) is 4.95. The Bertz CT molecular complexity index is 1020. The Hall–Kier alpha value is -3.41. The Morgan fingerprint density at radius 1 is 0.967 bits per heavy atom. The molecule has 0 amide bonds. The fourth-order valence-corrected chi connectivity index (χ4v) is 3.35. The molecule has 0 aliphatic heterocycles. The minimum atomic E-state index is -0.118. The number of benzene rings is 2. The Balaban J connectivity index is 1.68. The van der Waals surface area contributed by atoms with Gasteiger partial charge in [0.25, 0.3) is 0 Å². The van der Waals surface area contributed by atoms with E-state index in [1.54, 1.807) is 12.3 Å². The van der Waals surface area contributed by atoms with Crippen LogP contribution in [0.15, 0.2) is 59.5 Å². The first-order valence-electron chi connectivity index (χ1n) is 9.84. The molecule has 1 N–H and O–H groups in total. The summed E-state index contributed by atoms with van der Waals surface area (Å²) in [5.74, 6) is 1.16. The number of pyridine rings is 1. The highest BCUT2D eigenvalue weighted by molar-refractivity contribution is 5.52. The lowest BCUT2D eigenvalue weighted by atomic mass is 10.1. The van der Waals surface area contributed by atoms with E-state index in [0.717, 1.165) is 36.2 Å². The van der Waals surface area contributed by atoms with E-state index in [4.69, 9.17) is 14.2 Å². The summed E-state index contributed by atoms with van der Waals surface area (Å²) >= 11 is 0. The zero-order chi connectivity index (χ0) is 21.5. The maximum Gasteiger partial charge on any atom is 0.223 e. The van der Waals surface area contributed by atoms with Crippen LogP contribution in [0, 0.1) is 6.92 Å². The lowest BCUT2D eigenvalue weighted by Crippen LogP contribution is -2.15. The molecule has 0 aliphatic rings. The first kappa shape index (κ1) is 21.3. The van der Waals surface area contributed by atoms with Gasteiger partial charge in [-0.2, -0.15) is 0 Å². The molecule has 6 heteroatoms. The standard InChI is InChI=1S/C24H27NO5/c1-17-24(30-16-18-8-5-4-6-9-18)20(26)11-13-25(17)12-7-10-19-14-21(28-2)23(27)22(15-19)29-3/h4-6,8-9,11,13-15,27H,7,10,12,16H2,1-3H3. The lowest BCUT2D eigenvalue weighted by molar-refractivity contribution is 0.297. The minimum absolute atomic E-state index is 0.000195.